The number of ether oxygens (including phenoxy) is 1. The zero-order valence-electron chi connectivity index (χ0n) is 25.0. The van der Waals surface area contributed by atoms with Crippen molar-refractivity contribution in [3.8, 4) is 5.75 Å². The molecule has 1 aliphatic carbocycles. The first kappa shape index (κ1) is 29.9. The van der Waals surface area contributed by atoms with E-state index in [1.54, 1.807) is 11.0 Å². The quantitative estimate of drug-likeness (QED) is 0.158. The van der Waals surface area contributed by atoms with Gasteiger partial charge in [-0.15, -0.1) is 0 Å². The van der Waals surface area contributed by atoms with Crippen LogP contribution in [0, 0.1) is 10.1 Å². The van der Waals surface area contributed by atoms with Crippen molar-refractivity contribution in [2.24, 2.45) is 0 Å². The summed E-state index contributed by atoms with van der Waals surface area (Å²) in [5, 5.41) is 14.8. The maximum atomic E-state index is 14.2. The van der Waals surface area contributed by atoms with Crippen LogP contribution in [0.2, 0.25) is 0 Å². The highest BCUT2D eigenvalue weighted by atomic mass is 16.6. The normalized spacial score (nSPS) is 16.6. The highest BCUT2D eigenvalue weighted by molar-refractivity contribution is 6.02. The zero-order valence-corrected chi connectivity index (χ0v) is 25.0. The van der Waals surface area contributed by atoms with Crippen LogP contribution >= 0.6 is 0 Å². The van der Waals surface area contributed by atoms with Crippen LogP contribution in [0.5, 0.6) is 5.75 Å². The molecule has 1 aliphatic heterocycles. The molecule has 45 heavy (non-hydrogen) atoms. The van der Waals surface area contributed by atoms with Crippen LogP contribution in [-0.4, -0.2) is 34.3 Å². The van der Waals surface area contributed by atoms with E-state index in [1.165, 1.54) is 18.6 Å². The molecule has 2 aliphatic rings. The Hall–Kier alpha value is -5.18. The number of carbonyl (C=O) groups is 2. The van der Waals surface area contributed by atoms with Gasteiger partial charge in [0, 0.05) is 31.3 Å². The number of nitro benzene ring substituents is 1. The fourth-order valence-corrected chi connectivity index (χ4v) is 6.28. The van der Waals surface area contributed by atoms with E-state index in [0.29, 0.717) is 24.5 Å². The first-order valence-electron chi connectivity index (χ1n) is 15.4. The predicted octanol–water partition coefficient (Wildman–Crippen LogP) is 6.78. The molecule has 0 radical (unpaired) electrons. The Balaban J connectivity index is 1.32. The van der Waals surface area contributed by atoms with Crippen LogP contribution in [0.3, 0.4) is 0 Å². The Kier molecular flexibility index (Phi) is 9.05. The first-order chi connectivity index (χ1) is 22.0. The maximum Gasteiger partial charge on any atom is 0.270 e. The van der Waals surface area contributed by atoms with Crippen molar-refractivity contribution in [1.82, 2.24) is 10.2 Å². The number of hydrogen-bond acceptors (Lipinski definition) is 6. The van der Waals surface area contributed by atoms with Gasteiger partial charge in [0.15, 0.2) is 6.61 Å². The molecule has 0 saturated heterocycles. The van der Waals surface area contributed by atoms with Gasteiger partial charge in [-0.2, -0.15) is 0 Å². The Morgan fingerprint density at radius 1 is 0.822 bits per heavy atom. The Morgan fingerprint density at radius 3 is 2.07 bits per heavy atom. The molecule has 1 N–H and O–H groups in total. The fourth-order valence-electron chi connectivity index (χ4n) is 6.28. The van der Waals surface area contributed by atoms with Crippen LogP contribution in [0.25, 0.3) is 0 Å². The average molecular weight is 605 g/mol. The van der Waals surface area contributed by atoms with Gasteiger partial charge in [0.05, 0.1) is 16.2 Å². The molecule has 2 amide bonds. The van der Waals surface area contributed by atoms with E-state index >= 15 is 0 Å². The fraction of sp³-hybridized carbons (Fsp3) is 0.278. The molecule has 230 valence electrons. The molecule has 1 saturated carbocycles. The van der Waals surface area contributed by atoms with Crippen LogP contribution in [0.15, 0.2) is 103 Å². The van der Waals surface area contributed by atoms with Crippen LogP contribution in [0.1, 0.15) is 65.3 Å². The number of nitrogens with zero attached hydrogens (tertiary/aromatic N) is 3. The second-order valence-corrected chi connectivity index (χ2v) is 11.6. The van der Waals surface area contributed by atoms with E-state index in [0.717, 1.165) is 42.4 Å². The number of hydrogen-bond donors (Lipinski definition) is 1. The molecular weight excluding hydrogens is 568 g/mol. The summed E-state index contributed by atoms with van der Waals surface area (Å²) in [5.74, 6) is 0.143. The van der Waals surface area contributed by atoms with Crippen molar-refractivity contribution in [3.63, 3.8) is 0 Å². The summed E-state index contributed by atoms with van der Waals surface area (Å²) >= 11 is 0. The van der Waals surface area contributed by atoms with Gasteiger partial charge in [-0.25, -0.2) is 0 Å². The molecule has 1 fully saturated rings. The van der Waals surface area contributed by atoms with Crippen molar-refractivity contribution < 1.29 is 19.2 Å². The molecule has 0 bridgehead atoms. The van der Waals surface area contributed by atoms with Gasteiger partial charge in [-0.05, 0) is 47.7 Å². The summed E-state index contributed by atoms with van der Waals surface area (Å²) in [6, 6.07) is 31.8. The third-order valence-electron chi connectivity index (χ3n) is 8.49. The van der Waals surface area contributed by atoms with E-state index in [-0.39, 0.29) is 35.7 Å². The standard InChI is InChI=1S/C36H36N4O5/c41-34(37-29-14-8-3-9-15-29)25-45-31-19-16-28(17-20-31)35-38(23-26-10-4-1-5-11-26)33-21-18-30(40(43)44)22-32(33)36(42)39(35)24-27-12-6-2-7-13-27/h1-2,4-7,10-13,16-22,29,35H,3,8-9,14-15,23-25H2,(H,37,41)/t35-/m1/s1. The molecule has 9 heteroatoms. The minimum atomic E-state index is -0.518. The number of nitro groups is 1. The van der Waals surface area contributed by atoms with E-state index in [4.69, 9.17) is 4.74 Å². The maximum absolute atomic E-state index is 14.2. The molecule has 6 rings (SSSR count). The van der Waals surface area contributed by atoms with Gasteiger partial charge >= 0.3 is 0 Å². The van der Waals surface area contributed by atoms with Crippen LogP contribution in [0.4, 0.5) is 11.4 Å². The van der Waals surface area contributed by atoms with Crippen LogP contribution < -0.4 is 15.0 Å². The third-order valence-corrected chi connectivity index (χ3v) is 8.49. The average Bonchev–Trinajstić information content (AvgIpc) is 3.07. The lowest BCUT2D eigenvalue weighted by Gasteiger charge is -2.46. The minimum Gasteiger partial charge on any atom is -0.484 e. The number of fused-ring (bicyclic) bond motifs is 1. The zero-order chi connectivity index (χ0) is 31.2. The SMILES string of the molecule is O=C(COc1ccc([C@H]2N(Cc3ccccc3)C(=O)c3cc([N+](=O)[O-])ccc3N2Cc2ccccc2)cc1)NC1CCCCC1. The Labute approximate surface area is 262 Å². The highest BCUT2D eigenvalue weighted by Gasteiger charge is 2.39. The summed E-state index contributed by atoms with van der Waals surface area (Å²) in [7, 11) is 0. The molecule has 1 heterocycles. The third kappa shape index (κ3) is 6.98. The van der Waals surface area contributed by atoms with Crippen molar-refractivity contribution in [2.45, 2.75) is 57.4 Å². The lowest BCUT2D eigenvalue weighted by atomic mass is 9.95. The lowest BCUT2D eigenvalue weighted by Crippen LogP contribution is -2.48. The number of anilines is 1. The van der Waals surface area contributed by atoms with Gasteiger partial charge in [0.1, 0.15) is 11.9 Å². The van der Waals surface area contributed by atoms with Crippen LogP contribution in [-0.2, 0) is 17.9 Å². The van der Waals surface area contributed by atoms with E-state index in [2.05, 4.69) is 10.2 Å². The summed E-state index contributed by atoms with van der Waals surface area (Å²) in [6.07, 6.45) is 5.00. The van der Waals surface area contributed by atoms with E-state index in [9.17, 15) is 19.7 Å². The Morgan fingerprint density at radius 2 is 1.44 bits per heavy atom. The second-order valence-electron chi connectivity index (χ2n) is 11.6. The number of benzene rings is 4. The number of nitrogens with one attached hydrogen (secondary N) is 1. The smallest absolute Gasteiger partial charge is 0.270 e. The number of non-ortho nitro benzene ring substituents is 1. The minimum absolute atomic E-state index is 0.0653. The summed E-state index contributed by atoms with van der Waals surface area (Å²) in [5.41, 5.74) is 3.60. The summed E-state index contributed by atoms with van der Waals surface area (Å²) in [4.78, 5) is 41.8. The highest BCUT2D eigenvalue weighted by Crippen LogP contribution is 2.42. The molecule has 0 unspecified atom stereocenters. The Bertz CT molecular complexity index is 1640. The molecular formula is C36H36N4O5. The van der Waals surface area contributed by atoms with Crippen molar-refractivity contribution >= 4 is 23.2 Å². The van der Waals surface area contributed by atoms with Gasteiger partial charge in [-0.1, -0.05) is 92.1 Å². The van der Waals surface area contributed by atoms with Crippen molar-refractivity contribution in [2.75, 3.05) is 11.5 Å². The summed E-state index contributed by atoms with van der Waals surface area (Å²) in [6.45, 7) is 0.704. The topological polar surface area (TPSA) is 105 Å². The van der Waals surface area contributed by atoms with Crippen molar-refractivity contribution in [1.29, 1.82) is 0 Å². The largest absolute Gasteiger partial charge is 0.484 e. The summed E-state index contributed by atoms with van der Waals surface area (Å²) < 4.78 is 5.84. The van der Waals surface area contributed by atoms with Crippen molar-refractivity contribution in [3.05, 3.63) is 135 Å². The van der Waals surface area contributed by atoms with E-state index in [1.807, 2.05) is 84.9 Å². The van der Waals surface area contributed by atoms with Gasteiger partial charge in [0.25, 0.3) is 17.5 Å². The predicted molar refractivity (Wildman–Crippen MR) is 172 cm³/mol. The molecule has 9 nitrogen and oxygen atoms in total. The molecule has 4 aromatic rings. The van der Waals surface area contributed by atoms with Gasteiger partial charge in [-0.3, -0.25) is 19.7 Å². The second kappa shape index (κ2) is 13.6. The number of carbonyl (C=O) groups excluding carboxylic acids is 2. The van der Waals surface area contributed by atoms with Gasteiger partial charge in [0.2, 0.25) is 0 Å². The number of amides is 2. The lowest BCUT2D eigenvalue weighted by molar-refractivity contribution is -0.384. The number of rotatable bonds is 10. The van der Waals surface area contributed by atoms with E-state index < -0.39 is 11.1 Å². The molecule has 4 aromatic carbocycles. The molecule has 1 atom stereocenters. The molecule has 0 spiro atoms. The van der Waals surface area contributed by atoms with Gasteiger partial charge < -0.3 is 19.9 Å². The molecule has 0 aromatic heterocycles. The monoisotopic (exact) mass is 604 g/mol. The first-order valence-corrected chi connectivity index (χ1v) is 15.4.